The first-order chi connectivity index (χ1) is 12.6. The molecule has 0 fully saturated rings. The summed E-state index contributed by atoms with van der Waals surface area (Å²) >= 11 is 0. The molecular formula is C18H14N4O4. The molecule has 2 N–H and O–H groups in total. The second-order valence-corrected chi connectivity index (χ2v) is 5.65. The van der Waals surface area contributed by atoms with Crippen molar-refractivity contribution in [2.24, 2.45) is 0 Å². The molecule has 1 aromatic heterocycles. The van der Waals surface area contributed by atoms with Crippen molar-refractivity contribution in [3.8, 4) is 11.5 Å². The van der Waals surface area contributed by atoms with E-state index in [1.165, 1.54) is 7.11 Å². The van der Waals surface area contributed by atoms with Crippen LogP contribution in [-0.2, 0) is 11.4 Å². The Balaban J connectivity index is 1.81. The molecule has 4 rings (SSSR count). The van der Waals surface area contributed by atoms with Gasteiger partial charge in [0.1, 0.15) is 17.9 Å². The van der Waals surface area contributed by atoms with Crippen LogP contribution in [0.4, 0.5) is 5.82 Å². The predicted molar refractivity (Wildman–Crippen MR) is 92.2 cm³/mol. The maximum absolute atomic E-state index is 11.9. The van der Waals surface area contributed by atoms with E-state index in [0.29, 0.717) is 29.0 Å². The second-order valence-electron chi connectivity index (χ2n) is 5.65. The number of amides is 1. The van der Waals surface area contributed by atoms with Crippen molar-refractivity contribution in [3.05, 3.63) is 53.6 Å². The normalized spacial score (nSPS) is 12.8. The minimum absolute atomic E-state index is 0.211. The zero-order valence-corrected chi connectivity index (χ0v) is 13.8. The molecule has 1 amide bonds. The lowest BCUT2D eigenvalue weighted by Gasteiger charge is -2.14. The van der Waals surface area contributed by atoms with Crippen LogP contribution in [0.2, 0.25) is 0 Å². The van der Waals surface area contributed by atoms with Crippen molar-refractivity contribution >= 4 is 28.5 Å². The van der Waals surface area contributed by atoms with Gasteiger partial charge in [-0.1, -0.05) is 30.3 Å². The second kappa shape index (κ2) is 5.99. The number of carbonyl (C=O) groups excluding carboxylic acids is 2. The van der Waals surface area contributed by atoms with Gasteiger partial charge in [0.05, 0.1) is 7.11 Å². The van der Waals surface area contributed by atoms with Gasteiger partial charge in [-0.2, -0.15) is 0 Å². The summed E-state index contributed by atoms with van der Waals surface area (Å²) < 4.78 is 12.2. The highest BCUT2D eigenvalue weighted by atomic mass is 16.5. The number of carbonyl (C=O) groups is 2. The first kappa shape index (κ1) is 15.8. The average Bonchev–Trinajstić information content (AvgIpc) is 2.96. The third-order valence-corrected chi connectivity index (χ3v) is 4.07. The molecule has 2 heterocycles. The Morgan fingerprint density at radius 2 is 1.92 bits per heavy atom. The molecule has 0 spiro atoms. The minimum Gasteiger partial charge on any atom is -0.491 e. The summed E-state index contributed by atoms with van der Waals surface area (Å²) in [5, 5.41) is 10.9. The van der Waals surface area contributed by atoms with E-state index >= 15 is 0 Å². The molecule has 2 aromatic carbocycles. The Labute approximate surface area is 147 Å². The first-order valence-corrected chi connectivity index (χ1v) is 7.81. The Kier molecular flexibility index (Phi) is 3.65. The molecular weight excluding hydrogens is 336 g/mol. The van der Waals surface area contributed by atoms with Crippen molar-refractivity contribution in [2.45, 2.75) is 6.61 Å². The first-order valence-electron chi connectivity index (χ1n) is 7.81. The highest BCUT2D eigenvalue weighted by molar-refractivity contribution is 6.44. The molecule has 1 aliphatic rings. The number of rotatable bonds is 4. The molecule has 3 aromatic rings. The van der Waals surface area contributed by atoms with Crippen LogP contribution in [0, 0.1) is 5.41 Å². The molecule has 0 saturated heterocycles. The van der Waals surface area contributed by atoms with E-state index in [-0.39, 0.29) is 11.4 Å². The number of aromatic nitrogens is 2. The highest BCUT2D eigenvalue weighted by Crippen LogP contribution is 2.37. The third kappa shape index (κ3) is 2.39. The Hall–Kier alpha value is -3.68. The summed E-state index contributed by atoms with van der Waals surface area (Å²) in [6, 6.07) is 13.0. The number of fused-ring (bicyclic) bond motifs is 3. The monoisotopic (exact) mass is 350 g/mol. The molecule has 0 radical (unpaired) electrons. The zero-order valence-electron chi connectivity index (χ0n) is 13.8. The Morgan fingerprint density at radius 1 is 1.15 bits per heavy atom. The van der Waals surface area contributed by atoms with E-state index < -0.39 is 11.8 Å². The molecule has 0 unspecified atom stereocenters. The molecule has 26 heavy (non-hydrogen) atoms. The number of benzene rings is 2. The summed E-state index contributed by atoms with van der Waals surface area (Å²) in [5.74, 6) is -0.623. The van der Waals surface area contributed by atoms with Crippen LogP contribution in [0.5, 0.6) is 11.5 Å². The van der Waals surface area contributed by atoms with Crippen LogP contribution >= 0.6 is 0 Å². The van der Waals surface area contributed by atoms with Gasteiger partial charge in [-0.05, 0) is 17.7 Å². The summed E-state index contributed by atoms with van der Waals surface area (Å²) in [4.78, 5) is 27.7. The third-order valence-electron chi connectivity index (χ3n) is 4.07. The van der Waals surface area contributed by atoms with Gasteiger partial charge in [0.15, 0.2) is 11.5 Å². The smallest absolute Gasteiger partial charge is 0.324 e. The maximum Gasteiger partial charge on any atom is 0.324 e. The number of hydrogen-bond acceptors (Lipinski definition) is 6. The largest absolute Gasteiger partial charge is 0.491 e. The summed E-state index contributed by atoms with van der Waals surface area (Å²) in [5.41, 5.74) is 0.977. The lowest BCUT2D eigenvalue weighted by Crippen LogP contribution is -2.28. The van der Waals surface area contributed by atoms with E-state index in [4.69, 9.17) is 14.9 Å². The van der Waals surface area contributed by atoms with Crippen LogP contribution < -0.4 is 20.4 Å². The van der Waals surface area contributed by atoms with Crippen molar-refractivity contribution in [1.29, 1.82) is 5.41 Å². The molecule has 0 atom stereocenters. The van der Waals surface area contributed by atoms with Crippen LogP contribution in [0.25, 0.3) is 10.9 Å². The van der Waals surface area contributed by atoms with Crippen LogP contribution in [0.3, 0.4) is 0 Å². The minimum atomic E-state index is -0.831. The fourth-order valence-corrected chi connectivity index (χ4v) is 2.87. The molecule has 0 bridgehead atoms. The summed E-state index contributed by atoms with van der Waals surface area (Å²) in [7, 11) is 1.47. The Bertz CT molecular complexity index is 1110. The summed E-state index contributed by atoms with van der Waals surface area (Å²) in [6.45, 7) is 0.339. The van der Waals surface area contributed by atoms with Gasteiger partial charge < -0.3 is 14.8 Å². The van der Waals surface area contributed by atoms with Gasteiger partial charge >= 0.3 is 11.8 Å². The number of methoxy groups -OCH3 is 1. The van der Waals surface area contributed by atoms with E-state index in [2.05, 4.69) is 10.3 Å². The van der Waals surface area contributed by atoms with Crippen LogP contribution in [0.1, 0.15) is 10.4 Å². The SMILES string of the molecule is COc1c(OCc2ccccc2)ccc2c3n(c(=N)nc12)C(=O)C(=O)N3. The van der Waals surface area contributed by atoms with Crippen molar-refractivity contribution in [2.75, 3.05) is 12.4 Å². The van der Waals surface area contributed by atoms with Crippen molar-refractivity contribution < 1.29 is 19.1 Å². The number of hydrogen-bond donors (Lipinski definition) is 2. The number of nitrogens with one attached hydrogen (secondary N) is 2. The quantitative estimate of drug-likeness (QED) is 0.697. The zero-order chi connectivity index (χ0) is 18.3. The molecule has 8 heteroatoms. The molecule has 0 aliphatic carbocycles. The lowest BCUT2D eigenvalue weighted by molar-refractivity contribution is -0.112. The molecule has 0 saturated carbocycles. The fraction of sp³-hybridized carbons (Fsp3) is 0.111. The van der Waals surface area contributed by atoms with Gasteiger partial charge in [0, 0.05) is 5.39 Å². The average molecular weight is 350 g/mol. The van der Waals surface area contributed by atoms with Gasteiger partial charge in [-0.25, -0.2) is 9.55 Å². The van der Waals surface area contributed by atoms with Crippen molar-refractivity contribution in [1.82, 2.24) is 9.55 Å². The van der Waals surface area contributed by atoms with Gasteiger partial charge in [0.25, 0.3) is 0 Å². The lowest BCUT2D eigenvalue weighted by atomic mass is 10.2. The highest BCUT2D eigenvalue weighted by Gasteiger charge is 2.31. The Morgan fingerprint density at radius 3 is 2.65 bits per heavy atom. The predicted octanol–water partition coefficient (Wildman–Crippen LogP) is 1.70. The fourth-order valence-electron chi connectivity index (χ4n) is 2.87. The van der Waals surface area contributed by atoms with E-state index in [1.807, 2.05) is 30.3 Å². The van der Waals surface area contributed by atoms with Crippen LogP contribution in [-0.4, -0.2) is 28.5 Å². The van der Waals surface area contributed by atoms with E-state index in [1.54, 1.807) is 12.1 Å². The van der Waals surface area contributed by atoms with Gasteiger partial charge in [-0.3, -0.25) is 15.0 Å². The molecule has 130 valence electrons. The standard InChI is InChI=1S/C18H14N4O4/c1-25-14-12(26-9-10-5-3-2-4-6-10)8-7-11-13(14)20-18(19)22-15(11)21-16(23)17(22)24/h2-8,19H,9H2,1H3,(H,21,23). The van der Waals surface area contributed by atoms with Crippen LogP contribution in [0.15, 0.2) is 42.5 Å². The number of nitrogens with zero attached hydrogens (tertiary/aromatic N) is 2. The van der Waals surface area contributed by atoms with Crippen molar-refractivity contribution in [3.63, 3.8) is 0 Å². The van der Waals surface area contributed by atoms with E-state index in [9.17, 15) is 9.59 Å². The van der Waals surface area contributed by atoms with Gasteiger partial charge in [-0.15, -0.1) is 0 Å². The van der Waals surface area contributed by atoms with E-state index in [0.717, 1.165) is 10.1 Å². The number of anilines is 1. The number of ether oxygens (including phenoxy) is 2. The molecule has 8 nitrogen and oxygen atoms in total. The molecule has 1 aliphatic heterocycles. The topological polar surface area (TPSA) is 106 Å². The van der Waals surface area contributed by atoms with Gasteiger partial charge in [0.2, 0.25) is 5.62 Å². The maximum atomic E-state index is 11.9. The summed E-state index contributed by atoms with van der Waals surface area (Å²) in [6.07, 6.45) is 0.